The Morgan fingerprint density at radius 2 is 2.18 bits per heavy atom. The minimum atomic E-state index is 0.0303. The normalized spacial score (nSPS) is 12.9. The molecule has 0 aliphatic rings. The Balaban J connectivity index is 2.19. The molecule has 0 aliphatic carbocycles. The van der Waals surface area contributed by atoms with Crippen LogP contribution in [0.2, 0.25) is 5.02 Å². The summed E-state index contributed by atoms with van der Waals surface area (Å²) in [4.78, 5) is 5.53. The van der Waals surface area contributed by atoms with Gasteiger partial charge in [0, 0.05) is 16.7 Å². The largest absolute Gasteiger partial charge is 0.271 e. The van der Waals surface area contributed by atoms with Crippen molar-refractivity contribution in [1.82, 2.24) is 10.4 Å². The summed E-state index contributed by atoms with van der Waals surface area (Å²) >= 11 is 9.54. The van der Waals surface area contributed by atoms with E-state index in [0.29, 0.717) is 0 Å². The summed E-state index contributed by atoms with van der Waals surface area (Å²) in [6.07, 6.45) is 0.764. The number of thiazole rings is 1. The van der Waals surface area contributed by atoms with Crippen molar-refractivity contribution in [3.63, 3.8) is 0 Å². The number of aromatic nitrogens is 1. The number of rotatable bonds is 4. The zero-order chi connectivity index (χ0) is 12.4. The van der Waals surface area contributed by atoms with Crippen LogP contribution < -0.4 is 11.3 Å². The second-order valence-electron chi connectivity index (χ2n) is 3.88. The van der Waals surface area contributed by atoms with E-state index in [2.05, 4.69) is 15.8 Å². The molecule has 0 aromatic carbocycles. The minimum Gasteiger partial charge on any atom is -0.271 e. The van der Waals surface area contributed by atoms with Gasteiger partial charge in [-0.15, -0.1) is 22.7 Å². The Kier molecular flexibility index (Phi) is 4.17. The lowest BCUT2D eigenvalue weighted by Crippen LogP contribution is -2.29. The van der Waals surface area contributed by atoms with Crippen LogP contribution in [0.4, 0.5) is 0 Å². The van der Waals surface area contributed by atoms with E-state index in [1.54, 1.807) is 22.7 Å². The van der Waals surface area contributed by atoms with Gasteiger partial charge >= 0.3 is 0 Å². The highest BCUT2D eigenvalue weighted by Crippen LogP contribution is 2.33. The van der Waals surface area contributed by atoms with Gasteiger partial charge in [0.15, 0.2) is 0 Å². The number of hydrazine groups is 1. The van der Waals surface area contributed by atoms with E-state index in [0.717, 1.165) is 32.6 Å². The van der Waals surface area contributed by atoms with Crippen molar-refractivity contribution >= 4 is 34.3 Å². The number of nitrogens with one attached hydrogen (secondary N) is 1. The molecular formula is C11H14ClN3S2. The molecule has 3 nitrogen and oxygen atoms in total. The third-order valence-corrected chi connectivity index (χ3v) is 5.17. The molecule has 0 bridgehead atoms. The van der Waals surface area contributed by atoms with E-state index in [9.17, 15) is 0 Å². The van der Waals surface area contributed by atoms with Crippen molar-refractivity contribution in [2.45, 2.75) is 26.3 Å². The van der Waals surface area contributed by atoms with E-state index < -0.39 is 0 Å². The van der Waals surface area contributed by atoms with Gasteiger partial charge in [0.2, 0.25) is 0 Å². The van der Waals surface area contributed by atoms with E-state index >= 15 is 0 Å². The maximum Gasteiger partial charge on any atom is 0.0897 e. The Morgan fingerprint density at radius 1 is 1.41 bits per heavy atom. The summed E-state index contributed by atoms with van der Waals surface area (Å²) in [7, 11) is 0. The molecule has 0 saturated heterocycles. The van der Waals surface area contributed by atoms with E-state index in [1.165, 1.54) is 0 Å². The molecule has 0 spiro atoms. The lowest BCUT2D eigenvalue weighted by Gasteiger charge is -2.13. The summed E-state index contributed by atoms with van der Waals surface area (Å²) in [5, 5.41) is 6.00. The average molecular weight is 288 g/mol. The van der Waals surface area contributed by atoms with Crippen LogP contribution in [0.3, 0.4) is 0 Å². The molecule has 6 heteroatoms. The van der Waals surface area contributed by atoms with Gasteiger partial charge in [-0.1, -0.05) is 11.6 Å². The van der Waals surface area contributed by atoms with Crippen LogP contribution in [0.5, 0.6) is 0 Å². The summed E-state index contributed by atoms with van der Waals surface area (Å²) in [5.74, 6) is 5.61. The highest BCUT2D eigenvalue weighted by molar-refractivity contribution is 7.11. The van der Waals surface area contributed by atoms with Gasteiger partial charge in [-0.25, -0.2) is 4.98 Å². The predicted molar refractivity (Wildman–Crippen MR) is 74.7 cm³/mol. The molecule has 2 aromatic rings. The first-order chi connectivity index (χ1) is 8.11. The van der Waals surface area contributed by atoms with Gasteiger partial charge < -0.3 is 0 Å². The van der Waals surface area contributed by atoms with Gasteiger partial charge in [-0.2, -0.15) is 0 Å². The Hall–Kier alpha value is -0.460. The Labute approximate surface area is 114 Å². The SMILES string of the molecule is Cc1nc(CC(NN)c2scc(C)c2Cl)cs1. The monoisotopic (exact) mass is 287 g/mol. The smallest absolute Gasteiger partial charge is 0.0897 e. The number of thiophene rings is 1. The summed E-state index contributed by atoms with van der Waals surface area (Å²) in [5.41, 5.74) is 4.97. The molecule has 17 heavy (non-hydrogen) atoms. The summed E-state index contributed by atoms with van der Waals surface area (Å²) < 4.78 is 0. The topological polar surface area (TPSA) is 50.9 Å². The standard InChI is InChI=1S/C11H14ClN3S2/c1-6-4-17-11(10(6)12)9(15-13)3-8-5-16-7(2)14-8/h4-5,9,15H,3,13H2,1-2H3. The summed E-state index contributed by atoms with van der Waals surface area (Å²) in [6.45, 7) is 4.00. The molecule has 0 amide bonds. The maximum atomic E-state index is 6.25. The fraction of sp³-hybridized carbons (Fsp3) is 0.364. The number of nitrogens with zero attached hydrogens (tertiary/aromatic N) is 1. The van der Waals surface area contributed by atoms with Crippen molar-refractivity contribution in [3.05, 3.63) is 36.9 Å². The predicted octanol–water partition coefficient (Wildman–Crippen LogP) is 3.22. The minimum absolute atomic E-state index is 0.0303. The fourth-order valence-electron chi connectivity index (χ4n) is 1.62. The lowest BCUT2D eigenvalue weighted by atomic mass is 10.1. The van der Waals surface area contributed by atoms with E-state index in [-0.39, 0.29) is 6.04 Å². The summed E-state index contributed by atoms with van der Waals surface area (Å²) in [6, 6.07) is 0.0303. The average Bonchev–Trinajstić information content (AvgIpc) is 2.85. The molecule has 1 unspecified atom stereocenters. The Morgan fingerprint density at radius 3 is 2.65 bits per heavy atom. The van der Waals surface area contributed by atoms with Crippen LogP contribution in [0.15, 0.2) is 10.8 Å². The van der Waals surface area contributed by atoms with Crippen LogP contribution in [0.1, 0.15) is 27.2 Å². The number of hydrogen-bond donors (Lipinski definition) is 2. The molecule has 2 heterocycles. The molecule has 2 rings (SSSR count). The van der Waals surface area contributed by atoms with Crippen molar-refractivity contribution in [2.24, 2.45) is 5.84 Å². The molecule has 0 radical (unpaired) electrons. The van der Waals surface area contributed by atoms with Crippen molar-refractivity contribution in [3.8, 4) is 0 Å². The molecule has 0 fully saturated rings. The van der Waals surface area contributed by atoms with Crippen LogP contribution in [-0.4, -0.2) is 4.98 Å². The first-order valence-corrected chi connectivity index (χ1v) is 7.36. The Bertz CT molecular complexity index is 507. The molecule has 1 atom stereocenters. The number of aryl methyl sites for hydroxylation is 2. The first kappa shape index (κ1) is 13.0. The molecular weight excluding hydrogens is 274 g/mol. The van der Waals surface area contributed by atoms with Gasteiger partial charge in [0.05, 0.1) is 21.8 Å². The van der Waals surface area contributed by atoms with Crippen LogP contribution in [0, 0.1) is 13.8 Å². The molecule has 2 aromatic heterocycles. The molecule has 92 valence electrons. The molecule has 3 N–H and O–H groups in total. The first-order valence-electron chi connectivity index (χ1n) is 5.22. The van der Waals surface area contributed by atoms with Crippen LogP contribution in [0.25, 0.3) is 0 Å². The van der Waals surface area contributed by atoms with Crippen molar-refractivity contribution < 1.29 is 0 Å². The van der Waals surface area contributed by atoms with Crippen molar-refractivity contribution in [1.29, 1.82) is 0 Å². The number of halogens is 1. The van der Waals surface area contributed by atoms with Gasteiger partial charge in [0.1, 0.15) is 0 Å². The quantitative estimate of drug-likeness (QED) is 0.670. The maximum absolute atomic E-state index is 6.25. The molecule has 0 aliphatic heterocycles. The second kappa shape index (κ2) is 5.46. The highest BCUT2D eigenvalue weighted by atomic mass is 35.5. The zero-order valence-electron chi connectivity index (χ0n) is 9.66. The number of nitrogens with two attached hydrogens (primary N) is 1. The lowest BCUT2D eigenvalue weighted by molar-refractivity contribution is 0.555. The van der Waals surface area contributed by atoms with E-state index in [1.807, 2.05) is 19.2 Å². The second-order valence-corrected chi connectivity index (χ2v) is 6.23. The highest BCUT2D eigenvalue weighted by Gasteiger charge is 2.18. The third-order valence-electron chi connectivity index (χ3n) is 2.52. The van der Waals surface area contributed by atoms with Crippen LogP contribution in [-0.2, 0) is 6.42 Å². The number of hydrogen-bond acceptors (Lipinski definition) is 5. The van der Waals surface area contributed by atoms with Gasteiger partial charge in [-0.05, 0) is 24.8 Å². The zero-order valence-corrected chi connectivity index (χ0v) is 12.0. The fourth-order valence-corrected chi connectivity index (χ4v) is 3.63. The van der Waals surface area contributed by atoms with Crippen molar-refractivity contribution in [2.75, 3.05) is 0 Å². The third kappa shape index (κ3) is 2.86. The van der Waals surface area contributed by atoms with Gasteiger partial charge in [0.25, 0.3) is 0 Å². The molecule has 0 saturated carbocycles. The van der Waals surface area contributed by atoms with Crippen LogP contribution >= 0.6 is 34.3 Å². The van der Waals surface area contributed by atoms with Gasteiger partial charge in [-0.3, -0.25) is 11.3 Å². The van der Waals surface area contributed by atoms with E-state index in [4.69, 9.17) is 17.4 Å².